The Kier molecular flexibility index (Phi) is 6.14. The van der Waals surface area contributed by atoms with E-state index >= 15 is 0 Å². The van der Waals surface area contributed by atoms with Gasteiger partial charge in [0.2, 0.25) is 10.0 Å². The summed E-state index contributed by atoms with van der Waals surface area (Å²) >= 11 is 0. The van der Waals surface area contributed by atoms with Gasteiger partial charge in [-0.1, -0.05) is 20.3 Å². The number of carboxylic acid groups (broad SMARTS) is 1. The van der Waals surface area contributed by atoms with Crippen LogP contribution in [0.5, 0.6) is 0 Å². The van der Waals surface area contributed by atoms with Gasteiger partial charge in [-0.15, -0.1) is 0 Å². The predicted octanol–water partition coefficient (Wildman–Crippen LogP) is 4.77. The zero-order valence-electron chi connectivity index (χ0n) is 19.9. The van der Waals surface area contributed by atoms with E-state index in [1.54, 1.807) is 24.3 Å². The molecule has 9 heteroatoms. The van der Waals surface area contributed by atoms with Crippen LogP contribution in [0.3, 0.4) is 0 Å². The SMILES string of the molecule is CC(C)(Nc1cc(F)cc(C2CC(C)(C)c3cc(S(=O)(=O)NC4CCC4)ccc3N2)c1)C(=O)O. The maximum Gasteiger partial charge on any atom is 0.328 e. The van der Waals surface area contributed by atoms with Crippen LogP contribution in [0.15, 0.2) is 41.3 Å². The van der Waals surface area contributed by atoms with Gasteiger partial charge in [0, 0.05) is 17.4 Å². The molecular formula is C25H32FN3O4S. The van der Waals surface area contributed by atoms with Crippen molar-refractivity contribution in [1.82, 2.24) is 4.72 Å². The first-order valence-electron chi connectivity index (χ1n) is 11.5. The third-order valence-electron chi connectivity index (χ3n) is 6.82. The minimum atomic E-state index is -3.59. The number of fused-ring (bicyclic) bond motifs is 1. The van der Waals surface area contributed by atoms with E-state index in [1.807, 2.05) is 13.8 Å². The Morgan fingerprint density at radius 2 is 1.88 bits per heavy atom. The van der Waals surface area contributed by atoms with Crippen LogP contribution in [0, 0.1) is 5.82 Å². The summed E-state index contributed by atoms with van der Waals surface area (Å²) in [5, 5.41) is 15.7. The van der Waals surface area contributed by atoms with E-state index in [0.717, 1.165) is 30.5 Å². The summed E-state index contributed by atoms with van der Waals surface area (Å²) in [4.78, 5) is 11.7. The molecule has 7 nitrogen and oxygen atoms in total. The molecule has 2 aliphatic rings. The molecule has 1 heterocycles. The Morgan fingerprint density at radius 3 is 2.50 bits per heavy atom. The minimum absolute atomic E-state index is 0.0124. The van der Waals surface area contributed by atoms with Crippen LogP contribution in [0.1, 0.15) is 70.5 Å². The summed E-state index contributed by atoms with van der Waals surface area (Å²) < 4.78 is 42.9. The van der Waals surface area contributed by atoms with Gasteiger partial charge in [-0.25, -0.2) is 22.3 Å². The average Bonchev–Trinajstić information content (AvgIpc) is 2.69. The van der Waals surface area contributed by atoms with Gasteiger partial charge in [0.15, 0.2) is 0 Å². The second-order valence-electron chi connectivity index (χ2n) is 10.6. The number of aliphatic carboxylic acids is 1. The third kappa shape index (κ3) is 4.90. The number of benzene rings is 2. The zero-order valence-corrected chi connectivity index (χ0v) is 20.7. The maximum absolute atomic E-state index is 14.5. The van der Waals surface area contributed by atoms with Crippen molar-refractivity contribution < 1.29 is 22.7 Å². The first kappa shape index (κ1) is 24.5. The van der Waals surface area contributed by atoms with Crippen molar-refractivity contribution >= 4 is 27.4 Å². The molecule has 2 aromatic carbocycles. The van der Waals surface area contributed by atoms with Crippen molar-refractivity contribution in [2.24, 2.45) is 0 Å². The van der Waals surface area contributed by atoms with Crippen LogP contribution >= 0.6 is 0 Å². The zero-order chi connectivity index (χ0) is 24.9. The molecule has 1 aliphatic heterocycles. The summed E-state index contributed by atoms with van der Waals surface area (Å²) in [6.07, 6.45) is 3.38. The molecule has 1 aliphatic carbocycles. The van der Waals surface area contributed by atoms with E-state index in [9.17, 15) is 22.7 Å². The highest BCUT2D eigenvalue weighted by Crippen LogP contribution is 2.45. The van der Waals surface area contributed by atoms with Crippen LogP contribution in [0.25, 0.3) is 0 Å². The predicted molar refractivity (Wildman–Crippen MR) is 130 cm³/mol. The largest absolute Gasteiger partial charge is 0.480 e. The number of hydrogen-bond acceptors (Lipinski definition) is 5. The lowest BCUT2D eigenvalue weighted by atomic mass is 9.74. The Balaban J connectivity index is 1.62. The number of halogens is 1. The molecule has 2 aromatic rings. The van der Waals surface area contributed by atoms with Gasteiger partial charge in [0.05, 0.1) is 10.9 Å². The van der Waals surface area contributed by atoms with E-state index in [0.29, 0.717) is 17.7 Å². The molecule has 1 unspecified atom stereocenters. The van der Waals surface area contributed by atoms with E-state index in [1.165, 1.54) is 26.0 Å². The van der Waals surface area contributed by atoms with Crippen molar-refractivity contribution in [3.8, 4) is 0 Å². The van der Waals surface area contributed by atoms with Crippen molar-refractivity contribution in [3.05, 3.63) is 53.3 Å². The van der Waals surface area contributed by atoms with Crippen LogP contribution in [-0.4, -0.2) is 31.1 Å². The van der Waals surface area contributed by atoms with E-state index in [-0.39, 0.29) is 22.4 Å². The minimum Gasteiger partial charge on any atom is -0.480 e. The molecule has 0 aromatic heterocycles. The fourth-order valence-corrected chi connectivity index (χ4v) is 5.88. The number of sulfonamides is 1. The summed E-state index contributed by atoms with van der Waals surface area (Å²) in [6, 6.07) is 9.35. The standard InChI is InChI=1S/C25H32FN3O4S/c1-24(2)14-22(15-10-16(26)12-18(11-15)28-25(3,4)23(30)31)27-21-9-8-19(13-20(21)24)34(32,33)29-17-6-5-7-17/h8-13,17,22,27-29H,5-7,14H2,1-4H3,(H,30,31). The van der Waals surface area contributed by atoms with Gasteiger partial charge in [-0.3, -0.25) is 0 Å². The quantitative estimate of drug-likeness (QED) is 0.446. The fraction of sp³-hybridized carbons (Fsp3) is 0.480. The molecule has 4 rings (SSSR count). The number of carbonyl (C=O) groups is 1. The Labute approximate surface area is 200 Å². The van der Waals surface area contributed by atoms with E-state index < -0.39 is 27.3 Å². The highest BCUT2D eigenvalue weighted by Gasteiger charge is 2.36. The number of rotatable bonds is 7. The highest BCUT2D eigenvalue weighted by molar-refractivity contribution is 7.89. The second kappa shape index (κ2) is 8.53. The molecule has 1 atom stereocenters. The normalized spacial score (nSPS) is 20.1. The van der Waals surface area contributed by atoms with E-state index in [2.05, 4.69) is 15.4 Å². The summed E-state index contributed by atoms with van der Waals surface area (Å²) in [7, 11) is -3.59. The number of hydrogen-bond donors (Lipinski definition) is 4. The highest BCUT2D eigenvalue weighted by atomic mass is 32.2. The Hall–Kier alpha value is -2.65. The monoisotopic (exact) mass is 489 g/mol. The van der Waals surface area contributed by atoms with Gasteiger partial charge >= 0.3 is 5.97 Å². The van der Waals surface area contributed by atoms with Crippen molar-refractivity contribution in [2.45, 2.75) is 81.3 Å². The molecule has 0 spiro atoms. The molecule has 0 amide bonds. The summed E-state index contributed by atoms with van der Waals surface area (Å²) in [5.41, 5.74) is 1.12. The van der Waals surface area contributed by atoms with Crippen LogP contribution in [0.4, 0.5) is 15.8 Å². The van der Waals surface area contributed by atoms with Gasteiger partial charge in [-0.2, -0.15) is 0 Å². The van der Waals surface area contributed by atoms with Gasteiger partial charge < -0.3 is 15.7 Å². The van der Waals surface area contributed by atoms with Gasteiger partial charge in [0.1, 0.15) is 11.4 Å². The molecule has 1 fully saturated rings. The van der Waals surface area contributed by atoms with E-state index in [4.69, 9.17) is 0 Å². The lowest BCUT2D eigenvalue weighted by molar-refractivity contribution is -0.141. The van der Waals surface area contributed by atoms with Crippen molar-refractivity contribution in [3.63, 3.8) is 0 Å². The van der Waals surface area contributed by atoms with Crippen LogP contribution in [-0.2, 0) is 20.2 Å². The summed E-state index contributed by atoms with van der Waals surface area (Å²) in [5.74, 6) is -1.50. The molecule has 184 valence electrons. The average molecular weight is 490 g/mol. The molecule has 0 saturated heterocycles. The maximum atomic E-state index is 14.5. The topological polar surface area (TPSA) is 108 Å². The molecule has 34 heavy (non-hydrogen) atoms. The van der Waals surface area contributed by atoms with Crippen LogP contribution < -0.4 is 15.4 Å². The smallest absolute Gasteiger partial charge is 0.328 e. The van der Waals surface area contributed by atoms with Crippen molar-refractivity contribution in [2.75, 3.05) is 10.6 Å². The first-order chi connectivity index (χ1) is 15.8. The molecule has 0 bridgehead atoms. The number of carboxylic acids is 1. The molecule has 0 radical (unpaired) electrons. The lowest BCUT2D eigenvalue weighted by Crippen LogP contribution is -2.40. The first-order valence-corrected chi connectivity index (χ1v) is 13.0. The molecular weight excluding hydrogens is 457 g/mol. The third-order valence-corrected chi connectivity index (χ3v) is 8.33. The molecule has 4 N–H and O–H groups in total. The summed E-state index contributed by atoms with van der Waals surface area (Å²) in [6.45, 7) is 7.12. The number of anilines is 2. The van der Waals surface area contributed by atoms with Gasteiger partial charge in [-0.05, 0) is 86.1 Å². The van der Waals surface area contributed by atoms with Crippen LogP contribution in [0.2, 0.25) is 0 Å². The van der Waals surface area contributed by atoms with Gasteiger partial charge in [0.25, 0.3) is 0 Å². The number of nitrogens with one attached hydrogen (secondary N) is 3. The Morgan fingerprint density at radius 1 is 1.18 bits per heavy atom. The molecule has 1 saturated carbocycles. The fourth-order valence-electron chi connectivity index (χ4n) is 4.55. The lowest BCUT2D eigenvalue weighted by Gasteiger charge is -2.39. The second-order valence-corrected chi connectivity index (χ2v) is 12.3. The Bertz CT molecular complexity index is 1220. The van der Waals surface area contributed by atoms with Crippen molar-refractivity contribution in [1.29, 1.82) is 0 Å².